The van der Waals surface area contributed by atoms with Crippen molar-refractivity contribution in [1.29, 1.82) is 0 Å². The van der Waals surface area contributed by atoms with Crippen molar-refractivity contribution in [2.75, 3.05) is 0 Å². The average molecular weight is 252 g/mol. The molecule has 1 aromatic rings. The first-order valence-electron chi connectivity index (χ1n) is 4.30. The molecule has 1 aromatic carbocycles. The summed E-state index contributed by atoms with van der Waals surface area (Å²) in [6.45, 7) is 0. The molecule has 0 heterocycles. The van der Waals surface area contributed by atoms with E-state index in [1.807, 2.05) is 0 Å². The van der Waals surface area contributed by atoms with Crippen molar-refractivity contribution in [3.63, 3.8) is 0 Å². The highest BCUT2D eigenvalue weighted by atomic mass is 35.5. The van der Waals surface area contributed by atoms with Gasteiger partial charge in [-0.1, -0.05) is 30.3 Å². The lowest BCUT2D eigenvalue weighted by molar-refractivity contribution is -0.308. The molecule has 16 heavy (non-hydrogen) atoms. The summed E-state index contributed by atoms with van der Waals surface area (Å²) in [6.07, 6.45) is -4.73. The zero-order valence-corrected chi connectivity index (χ0v) is 8.63. The number of carboxylic acid groups (broad SMARTS) is 1. The normalized spacial score (nSPS) is 15.5. The maximum absolute atomic E-state index is 12.6. The monoisotopic (exact) mass is 251 g/mol. The zero-order valence-electron chi connectivity index (χ0n) is 7.87. The molecule has 88 valence electrons. The molecule has 0 amide bonds. The molecular formula is C10H7ClF3O2-. The van der Waals surface area contributed by atoms with Crippen LogP contribution in [0.5, 0.6) is 0 Å². The molecule has 0 aromatic heterocycles. The molecule has 0 aliphatic carbocycles. The van der Waals surface area contributed by atoms with Gasteiger partial charge >= 0.3 is 6.18 Å². The predicted octanol–water partition coefficient (Wildman–Crippen LogP) is 1.69. The highest BCUT2D eigenvalue weighted by molar-refractivity contribution is 6.30. The number of benzene rings is 1. The van der Waals surface area contributed by atoms with Gasteiger partial charge in [0.2, 0.25) is 0 Å². The van der Waals surface area contributed by atoms with Crippen LogP contribution in [-0.2, 0) is 4.79 Å². The van der Waals surface area contributed by atoms with Gasteiger partial charge in [0, 0.05) is 0 Å². The number of halogens is 4. The van der Waals surface area contributed by atoms with Gasteiger partial charge in [-0.05, 0) is 5.56 Å². The van der Waals surface area contributed by atoms with Crippen LogP contribution in [0.15, 0.2) is 30.3 Å². The lowest BCUT2D eigenvalue weighted by Gasteiger charge is -2.25. The van der Waals surface area contributed by atoms with E-state index >= 15 is 0 Å². The maximum Gasteiger partial charge on any atom is 0.397 e. The van der Waals surface area contributed by atoms with Crippen LogP contribution in [-0.4, -0.2) is 17.5 Å². The van der Waals surface area contributed by atoms with E-state index in [9.17, 15) is 23.1 Å². The highest BCUT2D eigenvalue weighted by Gasteiger charge is 2.45. The minimum Gasteiger partial charge on any atom is -0.549 e. The third-order valence-corrected chi connectivity index (χ3v) is 2.46. The van der Waals surface area contributed by atoms with Crippen LogP contribution in [0.4, 0.5) is 13.2 Å². The summed E-state index contributed by atoms with van der Waals surface area (Å²) in [6, 6.07) is 6.64. The first kappa shape index (κ1) is 12.8. The van der Waals surface area contributed by atoms with Gasteiger partial charge in [0.25, 0.3) is 0 Å². The third-order valence-electron chi connectivity index (χ3n) is 2.03. The summed E-state index contributed by atoms with van der Waals surface area (Å²) in [5.41, 5.74) is -0.195. The molecule has 2 unspecified atom stereocenters. The Hall–Kier alpha value is -1.23. The molecule has 0 bridgehead atoms. The van der Waals surface area contributed by atoms with Crippen molar-refractivity contribution in [2.24, 2.45) is 0 Å². The Balaban J connectivity index is 3.12. The molecule has 0 N–H and O–H groups in total. The molecule has 0 fully saturated rings. The van der Waals surface area contributed by atoms with Crippen LogP contribution in [0.2, 0.25) is 0 Å². The Morgan fingerprint density at radius 2 is 1.75 bits per heavy atom. The highest BCUT2D eigenvalue weighted by Crippen LogP contribution is 2.39. The van der Waals surface area contributed by atoms with Crippen LogP contribution < -0.4 is 5.11 Å². The average Bonchev–Trinajstić information content (AvgIpc) is 2.17. The fourth-order valence-corrected chi connectivity index (χ4v) is 1.61. The van der Waals surface area contributed by atoms with E-state index in [2.05, 4.69) is 0 Å². The largest absolute Gasteiger partial charge is 0.549 e. The minimum atomic E-state index is -4.73. The summed E-state index contributed by atoms with van der Waals surface area (Å²) in [5.74, 6) is -4.20. The molecule has 0 aliphatic rings. The second-order valence-corrected chi connectivity index (χ2v) is 3.62. The lowest BCUT2D eigenvalue weighted by Crippen LogP contribution is -2.41. The Morgan fingerprint density at radius 3 is 2.12 bits per heavy atom. The van der Waals surface area contributed by atoms with Gasteiger partial charge in [0.15, 0.2) is 0 Å². The molecule has 0 aliphatic heterocycles. The smallest absolute Gasteiger partial charge is 0.397 e. The van der Waals surface area contributed by atoms with Gasteiger partial charge < -0.3 is 9.90 Å². The Morgan fingerprint density at radius 1 is 1.25 bits per heavy atom. The second-order valence-electron chi connectivity index (χ2n) is 3.15. The second kappa shape index (κ2) is 4.74. The fraction of sp³-hybridized carbons (Fsp3) is 0.300. The zero-order chi connectivity index (χ0) is 12.3. The number of alkyl halides is 4. The summed E-state index contributed by atoms with van der Waals surface area (Å²) in [7, 11) is 0. The molecule has 0 spiro atoms. The summed E-state index contributed by atoms with van der Waals surface area (Å²) < 4.78 is 37.9. The summed E-state index contributed by atoms with van der Waals surface area (Å²) in [4.78, 5) is 10.4. The van der Waals surface area contributed by atoms with Gasteiger partial charge in [-0.15, -0.1) is 11.6 Å². The molecular weight excluding hydrogens is 245 g/mol. The molecule has 1 rings (SSSR count). The fourth-order valence-electron chi connectivity index (χ4n) is 1.32. The van der Waals surface area contributed by atoms with Crippen LogP contribution >= 0.6 is 11.6 Å². The number of hydrogen-bond acceptors (Lipinski definition) is 2. The Kier molecular flexibility index (Phi) is 3.80. The van der Waals surface area contributed by atoms with Crippen LogP contribution in [0.3, 0.4) is 0 Å². The minimum absolute atomic E-state index is 0.195. The topological polar surface area (TPSA) is 40.1 Å². The van der Waals surface area contributed by atoms with Crippen molar-refractivity contribution in [2.45, 2.75) is 17.5 Å². The van der Waals surface area contributed by atoms with Gasteiger partial charge in [-0.2, -0.15) is 13.2 Å². The Labute approximate surface area is 94.6 Å². The SMILES string of the molecule is O=C([O-])C(Cl)C(c1ccccc1)C(F)(F)F. The number of hydrogen-bond donors (Lipinski definition) is 0. The van der Waals surface area contributed by atoms with Crippen molar-refractivity contribution in [3.8, 4) is 0 Å². The quantitative estimate of drug-likeness (QED) is 0.767. The number of aliphatic carboxylic acids is 1. The number of rotatable bonds is 3. The van der Waals surface area contributed by atoms with E-state index in [0.29, 0.717) is 0 Å². The van der Waals surface area contributed by atoms with Crippen LogP contribution in [0.1, 0.15) is 11.5 Å². The van der Waals surface area contributed by atoms with E-state index in [1.54, 1.807) is 0 Å². The predicted molar refractivity (Wildman–Crippen MR) is 49.9 cm³/mol. The van der Waals surface area contributed by atoms with Crippen LogP contribution in [0, 0.1) is 0 Å². The van der Waals surface area contributed by atoms with Crippen molar-refractivity contribution < 1.29 is 23.1 Å². The van der Waals surface area contributed by atoms with E-state index in [1.165, 1.54) is 30.3 Å². The first-order valence-corrected chi connectivity index (χ1v) is 4.74. The molecule has 6 heteroatoms. The molecule has 2 nitrogen and oxygen atoms in total. The van der Waals surface area contributed by atoms with Crippen molar-refractivity contribution in [1.82, 2.24) is 0 Å². The Bertz CT molecular complexity index is 364. The standard InChI is InChI=1S/C10H8ClF3O2/c11-8(9(15)16)7(10(12,13)14)6-4-2-1-3-5-6/h1-5,7-8H,(H,15,16)/p-1. The van der Waals surface area contributed by atoms with E-state index < -0.39 is 23.4 Å². The van der Waals surface area contributed by atoms with Crippen molar-refractivity contribution in [3.05, 3.63) is 35.9 Å². The number of carbonyl (C=O) groups is 1. The van der Waals surface area contributed by atoms with Gasteiger partial charge in [-0.25, -0.2) is 0 Å². The number of carbonyl (C=O) groups excluding carboxylic acids is 1. The molecule has 2 atom stereocenters. The van der Waals surface area contributed by atoms with E-state index in [0.717, 1.165) is 0 Å². The van der Waals surface area contributed by atoms with Gasteiger partial charge in [0.1, 0.15) is 5.92 Å². The third kappa shape index (κ3) is 2.88. The molecule has 0 radical (unpaired) electrons. The maximum atomic E-state index is 12.6. The van der Waals surface area contributed by atoms with E-state index in [-0.39, 0.29) is 5.56 Å². The molecule has 0 saturated heterocycles. The molecule has 0 saturated carbocycles. The summed E-state index contributed by atoms with van der Waals surface area (Å²) >= 11 is 5.22. The van der Waals surface area contributed by atoms with Crippen LogP contribution in [0.25, 0.3) is 0 Å². The van der Waals surface area contributed by atoms with Crippen molar-refractivity contribution >= 4 is 17.6 Å². The first-order chi connectivity index (χ1) is 7.34. The van der Waals surface area contributed by atoms with E-state index in [4.69, 9.17) is 11.6 Å². The lowest BCUT2D eigenvalue weighted by atomic mass is 9.95. The van der Waals surface area contributed by atoms with Gasteiger partial charge in [-0.3, -0.25) is 0 Å². The number of carboxylic acids is 1. The summed E-state index contributed by atoms with van der Waals surface area (Å²) in [5, 5.41) is 8.28. The van der Waals surface area contributed by atoms with Gasteiger partial charge in [0.05, 0.1) is 11.3 Å².